The second kappa shape index (κ2) is 4.23. The zero-order valence-corrected chi connectivity index (χ0v) is 10.9. The molecule has 0 saturated carbocycles. The van der Waals surface area contributed by atoms with Crippen LogP contribution in [0, 0.1) is 5.92 Å². The van der Waals surface area contributed by atoms with Gasteiger partial charge in [0.25, 0.3) is 0 Å². The van der Waals surface area contributed by atoms with E-state index in [4.69, 9.17) is 4.98 Å². The molecule has 3 aliphatic rings. The third-order valence-corrected chi connectivity index (χ3v) is 4.84. The summed E-state index contributed by atoms with van der Waals surface area (Å²) in [5.41, 5.74) is 2.84. The fraction of sp³-hybridized carbons (Fsp3) is 0.667. The predicted molar refractivity (Wildman–Crippen MR) is 73.0 cm³/mol. The van der Waals surface area contributed by atoms with E-state index < -0.39 is 0 Å². The van der Waals surface area contributed by atoms with E-state index in [1.54, 1.807) is 0 Å². The largest absolute Gasteiger partial charge is 0.355 e. The summed E-state index contributed by atoms with van der Waals surface area (Å²) in [5, 5.41) is 3.66. The summed E-state index contributed by atoms with van der Waals surface area (Å²) < 4.78 is 0. The number of piperidine rings is 1. The van der Waals surface area contributed by atoms with Crippen LogP contribution in [-0.4, -0.2) is 30.7 Å². The number of aromatic nitrogens is 1. The molecule has 3 heteroatoms. The van der Waals surface area contributed by atoms with Gasteiger partial charge in [0.2, 0.25) is 0 Å². The minimum atomic E-state index is 0.703. The minimum absolute atomic E-state index is 0.703. The van der Waals surface area contributed by atoms with Crippen molar-refractivity contribution in [2.24, 2.45) is 5.92 Å². The molecule has 2 saturated heterocycles. The maximum absolute atomic E-state index is 4.89. The fourth-order valence-electron chi connectivity index (χ4n) is 3.82. The molecule has 1 aliphatic carbocycles. The topological polar surface area (TPSA) is 28.2 Å². The number of aryl methyl sites for hydroxylation is 2. The SMILES string of the molecule is c1cc2c(nc1N1C[C@@H]3CCCN[C@@H]3C1)CCC2. The minimum Gasteiger partial charge on any atom is -0.355 e. The molecule has 2 aliphatic heterocycles. The highest BCUT2D eigenvalue weighted by atomic mass is 15.2. The Labute approximate surface area is 109 Å². The maximum atomic E-state index is 4.89. The summed E-state index contributed by atoms with van der Waals surface area (Å²) in [5.74, 6) is 2.06. The van der Waals surface area contributed by atoms with E-state index in [0.29, 0.717) is 6.04 Å². The normalized spacial score (nSPS) is 30.3. The van der Waals surface area contributed by atoms with Crippen LogP contribution in [0.5, 0.6) is 0 Å². The van der Waals surface area contributed by atoms with Gasteiger partial charge < -0.3 is 10.2 Å². The molecule has 1 aromatic rings. The molecule has 0 unspecified atom stereocenters. The van der Waals surface area contributed by atoms with Crippen molar-refractivity contribution in [1.82, 2.24) is 10.3 Å². The molecule has 0 spiro atoms. The first-order valence-electron chi connectivity index (χ1n) is 7.37. The molecular formula is C15H21N3. The lowest BCUT2D eigenvalue weighted by Crippen LogP contribution is -2.40. The number of nitrogens with zero attached hydrogens (tertiary/aromatic N) is 2. The van der Waals surface area contributed by atoms with Crippen LogP contribution < -0.4 is 10.2 Å². The van der Waals surface area contributed by atoms with Gasteiger partial charge in [0.1, 0.15) is 5.82 Å². The number of hydrogen-bond donors (Lipinski definition) is 1. The van der Waals surface area contributed by atoms with Gasteiger partial charge in [0, 0.05) is 24.8 Å². The van der Waals surface area contributed by atoms with Gasteiger partial charge in [-0.3, -0.25) is 0 Å². The molecule has 1 N–H and O–H groups in total. The first kappa shape index (κ1) is 10.8. The quantitative estimate of drug-likeness (QED) is 0.814. The van der Waals surface area contributed by atoms with Crippen LogP contribution in [0.4, 0.5) is 5.82 Å². The Kier molecular flexibility index (Phi) is 2.54. The lowest BCUT2D eigenvalue weighted by molar-refractivity contribution is 0.340. The molecule has 3 heterocycles. The van der Waals surface area contributed by atoms with Crippen molar-refractivity contribution < 1.29 is 0 Å². The number of nitrogens with one attached hydrogen (secondary N) is 1. The van der Waals surface area contributed by atoms with Gasteiger partial charge in [0.05, 0.1) is 0 Å². The van der Waals surface area contributed by atoms with Crippen molar-refractivity contribution in [2.75, 3.05) is 24.5 Å². The van der Waals surface area contributed by atoms with Gasteiger partial charge in [-0.05, 0) is 56.2 Å². The summed E-state index contributed by atoms with van der Waals surface area (Å²) in [7, 11) is 0. The fourth-order valence-corrected chi connectivity index (χ4v) is 3.82. The molecule has 0 amide bonds. The zero-order valence-electron chi connectivity index (χ0n) is 10.9. The zero-order chi connectivity index (χ0) is 11.9. The van der Waals surface area contributed by atoms with Crippen LogP contribution in [0.2, 0.25) is 0 Å². The third-order valence-electron chi connectivity index (χ3n) is 4.84. The maximum Gasteiger partial charge on any atom is 0.128 e. The average molecular weight is 243 g/mol. The summed E-state index contributed by atoms with van der Waals surface area (Å²) in [6.45, 7) is 3.55. The monoisotopic (exact) mass is 243 g/mol. The second-order valence-electron chi connectivity index (χ2n) is 6.00. The van der Waals surface area contributed by atoms with Crippen LogP contribution in [0.1, 0.15) is 30.5 Å². The van der Waals surface area contributed by atoms with Crippen molar-refractivity contribution in [1.29, 1.82) is 0 Å². The molecular weight excluding hydrogens is 222 g/mol. The van der Waals surface area contributed by atoms with Crippen molar-refractivity contribution >= 4 is 5.82 Å². The molecule has 2 atom stereocenters. The molecule has 4 rings (SSSR count). The number of rotatable bonds is 1. The third kappa shape index (κ3) is 1.72. The Morgan fingerprint density at radius 3 is 3.11 bits per heavy atom. The smallest absolute Gasteiger partial charge is 0.128 e. The number of fused-ring (bicyclic) bond motifs is 2. The van der Waals surface area contributed by atoms with Crippen molar-refractivity contribution in [2.45, 2.75) is 38.1 Å². The highest BCUT2D eigenvalue weighted by Crippen LogP contribution is 2.30. The van der Waals surface area contributed by atoms with Crippen LogP contribution in [0.25, 0.3) is 0 Å². The average Bonchev–Trinajstić information content (AvgIpc) is 3.04. The Balaban J connectivity index is 1.57. The van der Waals surface area contributed by atoms with E-state index in [0.717, 1.165) is 12.5 Å². The van der Waals surface area contributed by atoms with E-state index in [1.165, 1.54) is 62.3 Å². The molecule has 2 fully saturated rings. The van der Waals surface area contributed by atoms with E-state index in [-0.39, 0.29) is 0 Å². The van der Waals surface area contributed by atoms with Crippen LogP contribution in [0.15, 0.2) is 12.1 Å². The number of anilines is 1. The molecule has 0 bridgehead atoms. The molecule has 0 radical (unpaired) electrons. The van der Waals surface area contributed by atoms with Gasteiger partial charge in [-0.15, -0.1) is 0 Å². The second-order valence-corrected chi connectivity index (χ2v) is 6.00. The van der Waals surface area contributed by atoms with Gasteiger partial charge in [-0.2, -0.15) is 0 Å². The summed E-state index contributed by atoms with van der Waals surface area (Å²) in [6.07, 6.45) is 6.43. The highest BCUT2D eigenvalue weighted by molar-refractivity contribution is 5.44. The van der Waals surface area contributed by atoms with Crippen molar-refractivity contribution in [3.8, 4) is 0 Å². The summed E-state index contributed by atoms with van der Waals surface area (Å²) in [6, 6.07) is 5.25. The lowest BCUT2D eigenvalue weighted by atomic mass is 9.94. The van der Waals surface area contributed by atoms with Gasteiger partial charge in [0.15, 0.2) is 0 Å². The predicted octanol–water partition coefficient (Wildman–Crippen LogP) is 1.76. The molecule has 1 aromatic heterocycles. The molecule has 18 heavy (non-hydrogen) atoms. The van der Waals surface area contributed by atoms with Crippen molar-refractivity contribution in [3.63, 3.8) is 0 Å². The molecule has 0 aromatic carbocycles. The van der Waals surface area contributed by atoms with Crippen LogP contribution >= 0.6 is 0 Å². The Morgan fingerprint density at radius 2 is 2.17 bits per heavy atom. The first-order chi connectivity index (χ1) is 8.90. The van der Waals surface area contributed by atoms with Gasteiger partial charge in [-0.1, -0.05) is 6.07 Å². The van der Waals surface area contributed by atoms with E-state index in [2.05, 4.69) is 22.3 Å². The number of hydrogen-bond acceptors (Lipinski definition) is 3. The van der Waals surface area contributed by atoms with E-state index >= 15 is 0 Å². The first-order valence-corrected chi connectivity index (χ1v) is 7.37. The summed E-state index contributed by atoms with van der Waals surface area (Å²) >= 11 is 0. The lowest BCUT2D eigenvalue weighted by Gasteiger charge is -2.24. The number of pyridine rings is 1. The Hall–Kier alpha value is -1.09. The van der Waals surface area contributed by atoms with Crippen LogP contribution in [0.3, 0.4) is 0 Å². The van der Waals surface area contributed by atoms with E-state index in [9.17, 15) is 0 Å². The molecule has 96 valence electrons. The van der Waals surface area contributed by atoms with Gasteiger partial charge >= 0.3 is 0 Å². The van der Waals surface area contributed by atoms with Crippen LogP contribution in [-0.2, 0) is 12.8 Å². The Morgan fingerprint density at radius 1 is 1.17 bits per heavy atom. The summed E-state index contributed by atoms with van der Waals surface area (Å²) in [4.78, 5) is 7.38. The Bertz CT molecular complexity index is 443. The van der Waals surface area contributed by atoms with E-state index in [1.807, 2.05) is 0 Å². The van der Waals surface area contributed by atoms with Crippen molar-refractivity contribution in [3.05, 3.63) is 23.4 Å². The van der Waals surface area contributed by atoms with Gasteiger partial charge in [-0.25, -0.2) is 4.98 Å². The standard InChI is InChI=1S/C15H21N3/c1-3-11-6-7-15(17-13(11)5-1)18-9-12-4-2-8-16-14(12)10-18/h6-7,12,14,16H,1-5,8-10H2/t12-,14+/m0/s1. The highest BCUT2D eigenvalue weighted by Gasteiger charge is 2.34. The molecule has 3 nitrogen and oxygen atoms in total.